The fraction of sp³-hybridized carbons (Fsp3) is 0.176. The Bertz CT molecular complexity index is 714. The first-order chi connectivity index (χ1) is 11.0. The lowest BCUT2D eigenvalue weighted by atomic mass is 10.1. The number of benzene rings is 2. The lowest BCUT2D eigenvalue weighted by Crippen LogP contribution is -2.27. The fourth-order valence-electron chi connectivity index (χ4n) is 2.09. The fourth-order valence-corrected chi connectivity index (χ4v) is 2.09. The number of ether oxygens (including phenoxy) is 1. The second-order valence-corrected chi connectivity index (χ2v) is 4.90. The van der Waals surface area contributed by atoms with Crippen LogP contribution in [0.3, 0.4) is 0 Å². The van der Waals surface area contributed by atoms with E-state index in [1.165, 1.54) is 25.3 Å². The monoisotopic (exact) mass is 314 g/mol. The molecule has 120 valence electrons. The molecular weight excluding hydrogens is 296 g/mol. The third kappa shape index (κ3) is 4.08. The van der Waals surface area contributed by atoms with Crippen LogP contribution in [0, 0.1) is 0 Å². The van der Waals surface area contributed by atoms with Gasteiger partial charge in [0.25, 0.3) is 5.91 Å². The zero-order chi connectivity index (χ0) is 16.8. The summed E-state index contributed by atoms with van der Waals surface area (Å²) >= 11 is 0. The van der Waals surface area contributed by atoms with Crippen LogP contribution >= 0.6 is 0 Å². The maximum Gasteiger partial charge on any atom is 0.273 e. The third-order valence-electron chi connectivity index (χ3n) is 3.28. The summed E-state index contributed by atoms with van der Waals surface area (Å²) < 4.78 is 5.21. The molecule has 0 bridgehead atoms. The van der Waals surface area contributed by atoms with Crippen LogP contribution in [-0.2, 0) is 9.53 Å². The average Bonchev–Trinajstić information content (AvgIpc) is 2.56. The summed E-state index contributed by atoms with van der Waals surface area (Å²) in [6.07, 6.45) is -0.787. The van der Waals surface area contributed by atoms with Crippen molar-refractivity contribution in [2.45, 2.75) is 13.0 Å². The van der Waals surface area contributed by atoms with Crippen molar-refractivity contribution >= 4 is 11.6 Å². The second-order valence-electron chi connectivity index (χ2n) is 4.90. The summed E-state index contributed by atoms with van der Waals surface area (Å²) in [5, 5.41) is 23.2. The molecule has 0 saturated heterocycles. The van der Waals surface area contributed by atoms with E-state index in [2.05, 4.69) is 10.5 Å². The topological polar surface area (TPSA) is 91.2 Å². The van der Waals surface area contributed by atoms with Gasteiger partial charge in [0.15, 0.2) is 6.10 Å². The van der Waals surface area contributed by atoms with E-state index in [1.807, 2.05) is 18.2 Å². The molecular formula is C17H18N2O4. The highest BCUT2D eigenvalue weighted by atomic mass is 16.5. The molecule has 0 heterocycles. The number of amides is 1. The van der Waals surface area contributed by atoms with Crippen LogP contribution < -0.4 is 5.43 Å². The molecule has 0 spiro atoms. The molecule has 0 radical (unpaired) electrons. The molecule has 0 fully saturated rings. The second kappa shape index (κ2) is 7.42. The van der Waals surface area contributed by atoms with Crippen molar-refractivity contribution in [2.75, 3.05) is 7.11 Å². The molecule has 2 rings (SSSR count). The average molecular weight is 314 g/mol. The number of carbonyl (C=O) groups excluding carboxylic acids is 1. The molecule has 2 aromatic carbocycles. The van der Waals surface area contributed by atoms with Gasteiger partial charge in [0, 0.05) is 12.7 Å². The number of aromatic hydroxyl groups is 2. The lowest BCUT2D eigenvalue weighted by molar-refractivity contribution is -0.131. The Labute approximate surface area is 134 Å². The standard InChI is InChI=1S/C17H18N2O4/c1-11(14-10-13(20)8-9-15(14)21)18-19-17(22)16(23-2)12-6-4-3-5-7-12/h3-10,16,20-21H,1-2H3,(H,19,22)/b18-11-/t16-/m1/s1. The van der Waals surface area contributed by atoms with Gasteiger partial charge in [0.1, 0.15) is 11.5 Å². The molecule has 6 heteroatoms. The molecule has 2 aromatic rings. The van der Waals surface area contributed by atoms with Gasteiger partial charge in [-0.15, -0.1) is 0 Å². The summed E-state index contributed by atoms with van der Waals surface area (Å²) in [6.45, 7) is 1.61. The smallest absolute Gasteiger partial charge is 0.273 e. The number of nitrogens with zero attached hydrogens (tertiary/aromatic N) is 1. The highest BCUT2D eigenvalue weighted by Crippen LogP contribution is 2.22. The molecule has 23 heavy (non-hydrogen) atoms. The van der Waals surface area contributed by atoms with Gasteiger partial charge in [-0.2, -0.15) is 5.10 Å². The van der Waals surface area contributed by atoms with E-state index >= 15 is 0 Å². The van der Waals surface area contributed by atoms with Gasteiger partial charge < -0.3 is 14.9 Å². The molecule has 0 aliphatic heterocycles. The van der Waals surface area contributed by atoms with Crippen molar-refractivity contribution in [1.29, 1.82) is 0 Å². The van der Waals surface area contributed by atoms with Crippen LogP contribution in [0.25, 0.3) is 0 Å². The SMILES string of the molecule is CO[C@@H](C(=O)N/N=C(/C)c1cc(O)ccc1O)c1ccccc1. The summed E-state index contributed by atoms with van der Waals surface area (Å²) in [7, 11) is 1.44. The molecule has 6 nitrogen and oxygen atoms in total. The van der Waals surface area contributed by atoms with Crippen molar-refractivity contribution in [3.8, 4) is 11.5 Å². The van der Waals surface area contributed by atoms with E-state index in [1.54, 1.807) is 19.1 Å². The van der Waals surface area contributed by atoms with Crippen molar-refractivity contribution < 1.29 is 19.7 Å². The largest absolute Gasteiger partial charge is 0.508 e. The molecule has 0 aliphatic carbocycles. The minimum Gasteiger partial charge on any atom is -0.508 e. The highest BCUT2D eigenvalue weighted by molar-refractivity contribution is 6.02. The summed E-state index contributed by atoms with van der Waals surface area (Å²) in [6, 6.07) is 13.1. The van der Waals surface area contributed by atoms with Gasteiger partial charge in [-0.05, 0) is 30.7 Å². The van der Waals surface area contributed by atoms with Gasteiger partial charge in [-0.25, -0.2) is 5.43 Å². The Balaban J connectivity index is 2.14. The maximum absolute atomic E-state index is 12.2. The van der Waals surface area contributed by atoms with Gasteiger partial charge in [0.05, 0.1) is 5.71 Å². The third-order valence-corrected chi connectivity index (χ3v) is 3.28. The summed E-state index contributed by atoms with van der Waals surface area (Å²) in [4.78, 5) is 12.2. The number of carbonyl (C=O) groups is 1. The molecule has 0 aliphatic rings. The van der Waals surface area contributed by atoms with E-state index in [0.717, 1.165) is 0 Å². The van der Waals surface area contributed by atoms with Crippen LogP contribution in [0.4, 0.5) is 0 Å². The first-order valence-corrected chi connectivity index (χ1v) is 6.97. The van der Waals surface area contributed by atoms with Gasteiger partial charge in [0.2, 0.25) is 0 Å². The Hall–Kier alpha value is -2.86. The minimum absolute atomic E-state index is 0.00210. The summed E-state index contributed by atoms with van der Waals surface area (Å²) in [5.41, 5.74) is 3.81. The zero-order valence-electron chi connectivity index (χ0n) is 12.9. The molecule has 0 aromatic heterocycles. The number of methoxy groups -OCH3 is 1. The number of nitrogens with one attached hydrogen (secondary N) is 1. The predicted molar refractivity (Wildman–Crippen MR) is 86.3 cm³/mol. The number of rotatable bonds is 5. The number of phenols is 2. The van der Waals surface area contributed by atoms with Crippen LogP contribution in [0.5, 0.6) is 11.5 Å². The normalized spacial score (nSPS) is 12.7. The van der Waals surface area contributed by atoms with E-state index in [4.69, 9.17) is 4.74 Å². The zero-order valence-corrected chi connectivity index (χ0v) is 12.9. The maximum atomic E-state index is 12.2. The Morgan fingerprint density at radius 3 is 2.52 bits per heavy atom. The van der Waals surface area contributed by atoms with Gasteiger partial charge in [-0.3, -0.25) is 4.79 Å². The quantitative estimate of drug-likeness (QED) is 0.449. The minimum atomic E-state index is -0.787. The Kier molecular flexibility index (Phi) is 5.32. The van der Waals surface area contributed by atoms with Crippen LogP contribution in [0.15, 0.2) is 53.6 Å². The van der Waals surface area contributed by atoms with Crippen LogP contribution in [0.2, 0.25) is 0 Å². The Morgan fingerprint density at radius 1 is 1.17 bits per heavy atom. The molecule has 0 unspecified atom stereocenters. The Morgan fingerprint density at radius 2 is 1.87 bits per heavy atom. The number of phenolic OH excluding ortho intramolecular Hbond substituents is 2. The molecule has 3 N–H and O–H groups in total. The molecule has 0 saturated carbocycles. The molecule has 1 amide bonds. The van der Waals surface area contributed by atoms with E-state index in [0.29, 0.717) is 16.8 Å². The summed E-state index contributed by atoms with van der Waals surface area (Å²) in [5.74, 6) is -0.472. The molecule has 1 atom stereocenters. The number of hydrazone groups is 1. The van der Waals surface area contributed by atoms with Crippen molar-refractivity contribution in [2.24, 2.45) is 5.10 Å². The van der Waals surface area contributed by atoms with Crippen LogP contribution in [-0.4, -0.2) is 28.9 Å². The first-order valence-electron chi connectivity index (χ1n) is 6.97. The van der Waals surface area contributed by atoms with E-state index in [9.17, 15) is 15.0 Å². The lowest BCUT2D eigenvalue weighted by Gasteiger charge is -2.14. The number of hydrogen-bond donors (Lipinski definition) is 3. The van der Waals surface area contributed by atoms with E-state index in [-0.39, 0.29) is 11.5 Å². The van der Waals surface area contributed by atoms with Gasteiger partial charge >= 0.3 is 0 Å². The van der Waals surface area contributed by atoms with Crippen molar-refractivity contribution in [3.05, 3.63) is 59.7 Å². The van der Waals surface area contributed by atoms with Crippen molar-refractivity contribution in [3.63, 3.8) is 0 Å². The first kappa shape index (κ1) is 16.5. The van der Waals surface area contributed by atoms with Crippen molar-refractivity contribution in [1.82, 2.24) is 5.43 Å². The van der Waals surface area contributed by atoms with E-state index < -0.39 is 12.0 Å². The number of hydrogen-bond acceptors (Lipinski definition) is 5. The highest BCUT2D eigenvalue weighted by Gasteiger charge is 2.19. The van der Waals surface area contributed by atoms with Crippen LogP contribution in [0.1, 0.15) is 24.2 Å². The van der Waals surface area contributed by atoms with Gasteiger partial charge in [-0.1, -0.05) is 30.3 Å². The predicted octanol–water partition coefficient (Wildman–Crippen LogP) is 2.33.